The Bertz CT molecular complexity index is 576. The molecular formula is C19H30ClIN4O. The van der Waals surface area contributed by atoms with Crippen LogP contribution < -0.4 is 16.0 Å². The van der Waals surface area contributed by atoms with Crippen LogP contribution in [0.1, 0.15) is 44.1 Å². The fraction of sp³-hybridized carbons (Fsp3) is 0.579. The van der Waals surface area contributed by atoms with Gasteiger partial charge in [0.05, 0.1) is 0 Å². The molecule has 0 saturated heterocycles. The van der Waals surface area contributed by atoms with Crippen molar-refractivity contribution >= 4 is 47.4 Å². The van der Waals surface area contributed by atoms with E-state index in [4.69, 9.17) is 11.6 Å². The topological polar surface area (TPSA) is 65.5 Å². The van der Waals surface area contributed by atoms with Crippen LogP contribution in [0.5, 0.6) is 0 Å². The van der Waals surface area contributed by atoms with Crippen LogP contribution in [-0.4, -0.2) is 32.0 Å². The molecule has 0 atom stereocenters. The highest BCUT2D eigenvalue weighted by atomic mass is 127. The summed E-state index contributed by atoms with van der Waals surface area (Å²) in [6.07, 6.45) is 6.94. The summed E-state index contributed by atoms with van der Waals surface area (Å²) in [6.45, 7) is 1.89. The lowest BCUT2D eigenvalue weighted by molar-refractivity contribution is -0.122. The van der Waals surface area contributed by atoms with Gasteiger partial charge in [-0.1, -0.05) is 43.0 Å². The summed E-state index contributed by atoms with van der Waals surface area (Å²) in [5.41, 5.74) is 1.09. The highest BCUT2D eigenvalue weighted by Crippen LogP contribution is 2.25. The Kier molecular flexibility index (Phi) is 11.7. The van der Waals surface area contributed by atoms with Gasteiger partial charge in [-0.25, -0.2) is 0 Å². The number of nitrogens with one attached hydrogen (secondary N) is 3. The third kappa shape index (κ3) is 9.07. The Balaban J connectivity index is 0.00000338. The number of halogens is 2. The minimum absolute atomic E-state index is 0. The molecule has 1 aliphatic rings. The molecule has 0 aliphatic heterocycles. The van der Waals surface area contributed by atoms with Gasteiger partial charge in [0, 0.05) is 38.1 Å². The minimum Gasteiger partial charge on any atom is -0.355 e. The summed E-state index contributed by atoms with van der Waals surface area (Å²) >= 11 is 5.98. The van der Waals surface area contributed by atoms with Crippen molar-refractivity contribution in [3.05, 3.63) is 34.9 Å². The molecule has 1 aromatic carbocycles. The van der Waals surface area contributed by atoms with Crippen LogP contribution in [0.15, 0.2) is 29.3 Å². The molecule has 26 heavy (non-hydrogen) atoms. The molecule has 1 fully saturated rings. The Hall–Kier alpha value is -1.02. The van der Waals surface area contributed by atoms with Gasteiger partial charge in [-0.15, -0.1) is 24.0 Å². The summed E-state index contributed by atoms with van der Waals surface area (Å²) in [6, 6.07) is 7.72. The molecule has 0 unspecified atom stereocenters. The van der Waals surface area contributed by atoms with E-state index in [0.29, 0.717) is 37.9 Å². The number of rotatable bonds is 7. The maximum Gasteiger partial charge on any atom is 0.220 e. The second-order valence-corrected chi connectivity index (χ2v) is 6.98. The Morgan fingerprint density at radius 2 is 1.88 bits per heavy atom. The maximum absolute atomic E-state index is 12.0. The molecule has 1 amide bonds. The second kappa shape index (κ2) is 13.2. The molecule has 1 aromatic rings. The van der Waals surface area contributed by atoms with Gasteiger partial charge in [-0.3, -0.25) is 9.79 Å². The number of carbonyl (C=O) groups excluding carboxylic acids is 1. The van der Waals surface area contributed by atoms with Crippen molar-refractivity contribution in [3.8, 4) is 0 Å². The van der Waals surface area contributed by atoms with E-state index in [-0.39, 0.29) is 29.9 Å². The van der Waals surface area contributed by atoms with Crippen LogP contribution in [0.2, 0.25) is 5.02 Å². The zero-order chi connectivity index (χ0) is 17.9. The number of guanidine groups is 1. The monoisotopic (exact) mass is 492 g/mol. The van der Waals surface area contributed by atoms with Crippen LogP contribution in [0.25, 0.3) is 0 Å². The lowest BCUT2D eigenvalue weighted by atomic mass is 9.87. The number of hydrogen-bond donors (Lipinski definition) is 3. The molecule has 0 spiro atoms. The number of benzene rings is 1. The summed E-state index contributed by atoms with van der Waals surface area (Å²) in [5, 5.41) is 10.2. The molecule has 2 rings (SSSR count). The van der Waals surface area contributed by atoms with E-state index in [0.717, 1.165) is 10.6 Å². The molecular weight excluding hydrogens is 463 g/mol. The molecule has 146 valence electrons. The van der Waals surface area contributed by atoms with Gasteiger partial charge in [0.25, 0.3) is 0 Å². The fourth-order valence-electron chi connectivity index (χ4n) is 3.16. The third-order valence-electron chi connectivity index (χ3n) is 4.51. The van der Waals surface area contributed by atoms with Crippen LogP contribution in [0.4, 0.5) is 0 Å². The van der Waals surface area contributed by atoms with Gasteiger partial charge < -0.3 is 16.0 Å². The molecule has 0 radical (unpaired) electrons. The first-order chi connectivity index (χ1) is 12.2. The maximum atomic E-state index is 12.0. The highest BCUT2D eigenvalue weighted by molar-refractivity contribution is 14.0. The summed E-state index contributed by atoms with van der Waals surface area (Å²) < 4.78 is 0. The Morgan fingerprint density at radius 1 is 1.15 bits per heavy atom. The van der Waals surface area contributed by atoms with E-state index < -0.39 is 0 Å². The van der Waals surface area contributed by atoms with Crippen molar-refractivity contribution < 1.29 is 4.79 Å². The van der Waals surface area contributed by atoms with Gasteiger partial charge in [-0.05, 0) is 36.5 Å². The highest BCUT2D eigenvalue weighted by Gasteiger charge is 2.16. The predicted molar refractivity (Wildman–Crippen MR) is 119 cm³/mol. The van der Waals surface area contributed by atoms with E-state index in [1.54, 1.807) is 7.05 Å². The molecule has 0 heterocycles. The quantitative estimate of drug-likeness (QED) is 0.235. The average Bonchev–Trinajstić information content (AvgIpc) is 2.62. The van der Waals surface area contributed by atoms with E-state index >= 15 is 0 Å². The third-order valence-corrected chi connectivity index (χ3v) is 4.75. The number of aliphatic imine (C=N–C) groups is 1. The predicted octanol–water partition coefficient (Wildman–Crippen LogP) is 3.71. The number of amides is 1. The summed E-state index contributed by atoms with van der Waals surface area (Å²) in [5.74, 6) is 1.45. The largest absolute Gasteiger partial charge is 0.355 e. The van der Waals surface area contributed by atoms with E-state index in [9.17, 15) is 4.79 Å². The van der Waals surface area contributed by atoms with E-state index in [2.05, 4.69) is 20.9 Å². The molecule has 3 N–H and O–H groups in total. The first kappa shape index (κ1) is 23.0. The van der Waals surface area contributed by atoms with Crippen molar-refractivity contribution in [3.63, 3.8) is 0 Å². The lowest BCUT2D eigenvalue weighted by Crippen LogP contribution is -2.41. The normalized spacial score (nSPS) is 15.1. The molecule has 0 bridgehead atoms. The van der Waals surface area contributed by atoms with E-state index in [1.165, 1.54) is 32.1 Å². The lowest BCUT2D eigenvalue weighted by Gasteiger charge is -2.20. The smallest absolute Gasteiger partial charge is 0.220 e. The molecule has 1 aliphatic carbocycles. The van der Waals surface area contributed by atoms with Gasteiger partial charge in [-0.2, -0.15) is 0 Å². The minimum atomic E-state index is 0. The summed E-state index contributed by atoms with van der Waals surface area (Å²) in [7, 11) is 1.73. The molecule has 7 heteroatoms. The van der Waals surface area contributed by atoms with Gasteiger partial charge in [0.2, 0.25) is 5.91 Å². The Morgan fingerprint density at radius 3 is 2.58 bits per heavy atom. The number of hydrogen-bond acceptors (Lipinski definition) is 2. The van der Waals surface area contributed by atoms with Gasteiger partial charge in [0.15, 0.2) is 5.96 Å². The van der Waals surface area contributed by atoms with Crippen LogP contribution in [-0.2, 0) is 11.3 Å². The molecule has 1 saturated carbocycles. The van der Waals surface area contributed by atoms with Gasteiger partial charge >= 0.3 is 0 Å². The van der Waals surface area contributed by atoms with Crippen LogP contribution >= 0.6 is 35.6 Å². The van der Waals surface area contributed by atoms with Crippen molar-refractivity contribution in [2.45, 2.75) is 45.1 Å². The van der Waals surface area contributed by atoms with Gasteiger partial charge in [0.1, 0.15) is 0 Å². The zero-order valence-corrected chi connectivity index (χ0v) is 18.5. The Labute approximate surface area is 178 Å². The first-order valence-corrected chi connectivity index (χ1v) is 9.51. The number of nitrogens with zero attached hydrogens (tertiary/aromatic N) is 1. The molecule has 5 nitrogen and oxygen atoms in total. The van der Waals surface area contributed by atoms with Crippen molar-refractivity contribution in [1.82, 2.24) is 16.0 Å². The SMILES string of the molecule is CN=C(NCCNC(=O)CC1CCCCC1)NCc1cccc(Cl)c1.I. The average molecular weight is 493 g/mol. The number of carbonyl (C=O) groups is 1. The summed E-state index contributed by atoms with van der Waals surface area (Å²) in [4.78, 5) is 16.2. The standard InChI is InChI=1S/C19H29ClN4O.HI/c1-21-19(24-14-16-8-5-9-17(20)12-16)23-11-10-22-18(25)13-15-6-3-2-4-7-15;/h5,8-9,12,15H,2-4,6-7,10-11,13-14H2,1H3,(H,22,25)(H2,21,23,24);1H. The second-order valence-electron chi connectivity index (χ2n) is 6.54. The van der Waals surface area contributed by atoms with Crippen molar-refractivity contribution in [2.24, 2.45) is 10.9 Å². The van der Waals surface area contributed by atoms with Crippen LogP contribution in [0.3, 0.4) is 0 Å². The zero-order valence-electron chi connectivity index (χ0n) is 15.4. The van der Waals surface area contributed by atoms with E-state index in [1.807, 2.05) is 24.3 Å². The first-order valence-electron chi connectivity index (χ1n) is 9.13. The van der Waals surface area contributed by atoms with Crippen LogP contribution in [0, 0.1) is 5.92 Å². The fourth-order valence-corrected chi connectivity index (χ4v) is 3.37. The van der Waals surface area contributed by atoms with Crippen molar-refractivity contribution in [1.29, 1.82) is 0 Å². The van der Waals surface area contributed by atoms with Crippen molar-refractivity contribution in [2.75, 3.05) is 20.1 Å². The molecule has 0 aromatic heterocycles.